The number of halogens is 1. The molecule has 19 heavy (non-hydrogen) atoms. The zero-order chi connectivity index (χ0) is 13.7. The monoisotopic (exact) mass is 279 g/mol. The normalized spacial score (nSPS) is 14.1. The third-order valence-corrected chi connectivity index (χ3v) is 3.33. The number of furan rings is 1. The molecule has 0 fully saturated rings. The lowest BCUT2D eigenvalue weighted by atomic mass is 10.0. The number of likely N-dealkylation sites (N-methyl/N-ethyl adjacent to an activating group) is 1. The Morgan fingerprint density at radius 3 is 2.84 bits per heavy atom. The summed E-state index contributed by atoms with van der Waals surface area (Å²) in [6, 6.07) is 9.62. The summed E-state index contributed by atoms with van der Waals surface area (Å²) in [5.41, 5.74) is 1.15. The molecule has 3 nitrogen and oxygen atoms in total. The molecule has 0 aliphatic heterocycles. The summed E-state index contributed by atoms with van der Waals surface area (Å²) < 4.78 is 11.0. The second-order valence-corrected chi connectivity index (χ2v) is 4.95. The minimum absolute atomic E-state index is 0.0263. The van der Waals surface area contributed by atoms with Crippen molar-refractivity contribution in [3.63, 3.8) is 0 Å². The SMILES string of the molecule is CNC(Cc1ccoc1)C(C)Oc1cccc(Cl)c1. The lowest BCUT2D eigenvalue weighted by Gasteiger charge is -2.24. The van der Waals surface area contributed by atoms with Crippen LogP contribution < -0.4 is 10.1 Å². The fraction of sp³-hybridized carbons (Fsp3) is 0.333. The fourth-order valence-corrected chi connectivity index (χ4v) is 2.18. The van der Waals surface area contributed by atoms with Gasteiger partial charge in [-0.2, -0.15) is 0 Å². The third kappa shape index (κ3) is 4.01. The van der Waals surface area contributed by atoms with E-state index in [0.717, 1.165) is 17.7 Å². The summed E-state index contributed by atoms with van der Waals surface area (Å²) in [6.45, 7) is 2.04. The first-order valence-electron chi connectivity index (χ1n) is 6.29. The molecule has 2 atom stereocenters. The van der Waals surface area contributed by atoms with E-state index in [4.69, 9.17) is 20.8 Å². The second kappa shape index (κ2) is 6.64. The van der Waals surface area contributed by atoms with Crippen molar-refractivity contribution in [2.45, 2.75) is 25.5 Å². The van der Waals surface area contributed by atoms with Crippen LogP contribution in [-0.4, -0.2) is 19.2 Å². The largest absolute Gasteiger partial charge is 0.489 e. The quantitative estimate of drug-likeness (QED) is 0.878. The number of benzene rings is 1. The molecule has 0 aliphatic rings. The molecule has 2 rings (SSSR count). The summed E-state index contributed by atoms with van der Waals surface area (Å²) >= 11 is 5.95. The molecule has 0 aliphatic carbocycles. The van der Waals surface area contributed by atoms with E-state index in [9.17, 15) is 0 Å². The maximum atomic E-state index is 5.95. The van der Waals surface area contributed by atoms with Gasteiger partial charge in [-0.3, -0.25) is 0 Å². The van der Waals surface area contributed by atoms with E-state index in [1.807, 2.05) is 44.3 Å². The van der Waals surface area contributed by atoms with Crippen LogP contribution in [0.15, 0.2) is 47.3 Å². The smallest absolute Gasteiger partial charge is 0.121 e. The van der Waals surface area contributed by atoms with Gasteiger partial charge in [-0.15, -0.1) is 0 Å². The number of hydrogen-bond acceptors (Lipinski definition) is 3. The second-order valence-electron chi connectivity index (χ2n) is 4.51. The highest BCUT2D eigenvalue weighted by molar-refractivity contribution is 6.30. The lowest BCUT2D eigenvalue weighted by molar-refractivity contribution is 0.174. The first kappa shape index (κ1) is 14.0. The van der Waals surface area contributed by atoms with Crippen molar-refractivity contribution < 1.29 is 9.15 Å². The molecule has 1 aromatic carbocycles. The number of ether oxygens (including phenoxy) is 1. The van der Waals surface area contributed by atoms with Gasteiger partial charge < -0.3 is 14.5 Å². The molecule has 0 amide bonds. The van der Waals surface area contributed by atoms with Gasteiger partial charge in [0.1, 0.15) is 11.9 Å². The van der Waals surface area contributed by atoms with Crippen LogP contribution in [0.2, 0.25) is 5.02 Å². The van der Waals surface area contributed by atoms with Gasteiger partial charge in [-0.1, -0.05) is 17.7 Å². The van der Waals surface area contributed by atoms with Crippen LogP contribution in [0.5, 0.6) is 5.75 Å². The molecule has 1 N–H and O–H groups in total. The maximum Gasteiger partial charge on any atom is 0.121 e. The molecule has 1 heterocycles. The van der Waals surface area contributed by atoms with E-state index in [1.165, 1.54) is 0 Å². The van der Waals surface area contributed by atoms with Crippen molar-refractivity contribution >= 4 is 11.6 Å². The molecule has 0 bridgehead atoms. The maximum absolute atomic E-state index is 5.95. The first-order valence-corrected chi connectivity index (χ1v) is 6.67. The van der Waals surface area contributed by atoms with E-state index in [2.05, 4.69) is 5.32 Å². The van der Waals surface area contributed by atoms with Crippen molar-refractivity contribution in [3.05, 3.63) is 53.4 Å². The van der Waals surface area contributed by atoms with Crippen LogP contribution in [0.4, 0.5) is 0 Å². The van der Waals surface area contributed by atoms with Gasteiger partial charge in [0.2, 0.25) is 0 Å². The molecule has 2 unspecified atom stereocenters. The van der Waals surface area contributed by atoms with Crippen molar-refractivity contribution in [2.75, 3.05) is 7.05 Å². The van der Waals surface area contributed by atoms with Gasteiger partial charge in [0, 0.05) is 11.1 Å². The Bertz CT molecular complexity index is 499. The van der Waals surface area contributed by atoms with Gasteiger partial charge in [0.05, 0.1) is 12.5 Å². The Balaban J connectivity index is 1.98. The average Bonchev–Trinajstić information content (AvgIpc) is 2.88. The molecular weight excluding hydrogens is 262 g/mol. The predicted octanol–water partition coefficient (Wildman–Crippen LogP) is 3.53. The average molecular weight is 280 g/mol. The fourth-order valence-electron chi connectivity index (χ4n) is 2.00. The molecule has 0 radical (unpaired) electrons. The van der Waals surface area contributed by atoms with Crippen LogP contribution in [0.25, 0.3) is 0 Å². The van der Waals surface area contributed by atoms with Crippen molar-refractivity contribution in [2.24, 2.45) is 0 Å². The molecule has 0 saturated carbocycles. The highest BCUT2D eigenvalue weighted by Crippen LogP contribution is 2.19. The zero-order valence-corrected chi connectivity index (χ0v) is 11.9. The Hall–Kier alpha value is -1.45. The molecule has 1 aromatic heterocycles. The highest BCUT2D eigenvalue weighted by Gasteiger charge is 2.18. The number of nitrogens with one attached hydrogen (secondary N) is 1. The van der Waals surface area contributed by atoms with Gasteiger partial charge >= 0.3 is 0 Å². The van der Waals surface area contributed by atoms with Gasteiger partial charge in [0.25, 0.3) is 0 Å². The Morgan fingerprint density at radius 1 is 1.37 bits per heavy atom. The highest BCUT2D eigenvalue weighted by atomic mass is 35.5. The predicted molar refractivity (Wildman–Crippen MR) is 76.8 cm³/mol. The number of hydrogen-bond donors (Lipinski definition) is 1. The summed E-state index contributed by atoms with van der Waals surface area (Å²) in [7, 11) is 1.93. The van der Waals surface area contributed by atoms with E-state index >= 15 is 0 Å². The molecular formula is C15H18ClNO2. The van der Waals surface area contributed by atoms with E-state index in [-0.39, 0.29) is 12.1 Å². The Labute approximate surface area is 118 Å². The Kier molecular flexibility index (Phi) is 4.88. The molecule has 102 valence electrons. The van der Waals surface area contributed by atoms with E-state index in [0.29, 0.717) is 5.02 Å². The van der Waals surface area contributed by atoms with Crippen LogP contribution >= 0.6 is 11.6 Å². The third-order valence-electron chi connectivity index (χ3n) is 3.09. The van der Waals surface area contributed by atoms with Gasteiger partial charge in [0.15, 0.2) is 0 Å². The van der Waals surface area contributed by atoms with Gasteiger partial charge in [-0.25, -0.2) is 0 Å². The minimum Gasteiger partial charge on any atom is -0.489 e. The first-order chi connectivity index (χ1) is 9.19. The number of rotatable bonds is 6. The topological polar surface area (TPSA) is 34.4 Å². The summed E-state index contributed by atoms with van der Waals surface area (Å²) in [6.07, 6.45) is 4.33. The summed E-state index contributed by atoms with van der Waals surface area (Å²) in [5, 5.41) is 3.96. The summed E-state index contributed by atoms with van der Waals surface area (Å²) in [4.78, 5) is 0. The van der Waals surface area contributed by atoms with Crippen molar-refractivity contribution in [1.29, 1.82) is 0 Å². The molecule has 2 aromatic rings. The Morgan fingerprint density at radius 2 is 2.21 bits per heavy atom. The molecule has 0 spiro atoms. The molecule has 4 heteroatoms. The standard InChI is InChI=1S/C15H18ClNO2/c1-11(19-14-5-3-4-13(16)9-14)15(17-2)8-12-6-7-18-10-12/h3-7,9-11,15,17H,8H2,1-2H3. The lowest BCUT2D eigenvalue weighted by Crippen LogP contribution is -2.41. The van der Waals surface area contributed by atoms with Crippen LogP contribution in [0.1, 0.15) is 12.5 Å². The van der Waals surface area contributed by atoms with E-state index in [1.54, 1.807) is 12.5 Å². The molecule has 0 saturated heterocycles. The summed E-state index contributed by atoms with van der Waals surface area (Å²) in [5.74, 6) is 0.785. The van der Waals surface area contributed by atoms with Crippen molar-refractivity contribution in [3.8, 4) is 5.75 Å². The zero-order valence-electron chi connectivity index (χ0n) is 11.1. The van der Waals surface area contributed by atoms with Crippen LogP contribution in [0.3, 0.4) is 0 Å². The van der Waals surface area contributed by atoms with E-state index < -0.39 is 0 Å². The van der Waals surface area contributed by atoms with Crippen LogP contribution in [-0.2, 0) is 6.42 Å². The van der Waals surface area contributed by atoms with Crippen molar-refractivity contribution in [1.82, 2.24) is 5.32 Å². The van der Waals surface area contributed by atoms with Gasteiger partial charge in [-0.05, 0) is 50.2 Å². The van der Waals surface area contributed by atoms with Crippen LogP contribution in [0, 0.1) is 0 Å². The minimum atomic E-state index is 0.0263.